The van der Waals surface area contributed by atoms with E-state index in [2.05, 4.69) is 32.5 Å². The zero-order valence-electron chi connectivity index (χ0n) is 17.0. The summed E-state index contributed by atoms with van der Waals surface area (Å²) >= 11 is 1.68. The molecule has 1 aliphatic heterocycles. The van der Waals surface area contributed by atoms with Gasteiger partial charge in [0.25, 0.3) is 0 Å². The highest BCUT2D eigenvalue weighted by Crippen LogP contribution is 2.30. The van der Waals surface area contributed by atoms with Crippen LogP contribution in [0.4, 0.5) is 0 Å². The minimum Gasteiger partial charge on any atom is -0.294 e. The first kappa shape index (κ1) is 20.0. The molecule has 7 nitrogen and oxygen atoms in total. The first-order valence-electron chi connectivity index (χ1n) is 9.92. The Kier molecular flexibility index (Phi) is 5.17. The molecular formula is C22H21N5O2S2. The summed E-state index contributed by atoms with van der Waals surface area (Å²) in [5.41, 5.74) is 4.98. The third-order valence-corrected chi connectivity index (χ3v) is 7.02. The number of benzene rings is 1. The van der Waals surface area contributed by atoms with E-state index in [1.54, 1.807) is 17.5 Å². The number of rotatable bonds is 5. The van der Waals surface area contributed by atoms with Gasteiger partial charge < -0.3 is 0 Å². The molecule has 4 aromatic rings. The third-order valence-electron chi connectivity index (χ3n) is 5.28. The van der Waals surface area contributed by atoms with E-state index in [1.165, 1.54) is 0 Å². The topological polar surface area (TPSA) is 81.0 Å². The molecule has 0 atom stereocenters. The molecule has 0 saturated heterocycles. The van der Waals surface area contributed by atoms with Crippen molar-refractivity contribution in [1.29, 1.82) is 0 Å². The van der Waals surface area contributed by atoms with Crippen molar-refractivity contribution < 1.29 is 8.42 Å². The average molecular weight is 452 g/mol. The number of thiophene rings is 1. The zero-order chi connectivity index (χ0) is 21.4. The van der Waals surface area contributed by atoms with Crippen LogP contribution in [0, 0.1) is 0 Å². The Balaban J connectivity index is 1.43. The second-order valence-electron chi connectivity index (χ2n) is 7.62. The summed E-state index contributed by atoms with van der Waals surface area (Å²) in [6, 6.07) is 14.2. The molecule has 0 bridgehead atoms. The smallest absolute Gasteiger partial charge is 0.246 e. The summed E-state index contributed by atoms with van der Waals surface area (Å²) in [4.78, 5) is 11.8. The summed E-state index contributed by atoms with van der Waals surface area (Å²) in [6.07, 6.45) is 5.59. The van der Waals surface area contributed by atoms with Crippen molar-refractivity contribution in [2.75, 3.05) is 12.8 Å². The Labute approximate surface area is 184 Å². The van der Waals surface area contributed by atoms with E-state index in [1.807, 2.05) is 41.1 Å². The number of hydrogen-bond acceptors (Lipinski definition) is 7. The van der Waals surface area contributed by atoms with E-state index < -0.39 is 9.84 Å². The molecule has 158 valence electrons. The molecule has 31 heavy (non-hydrogen) atoms. The van der Waals surface area contributed by atoms with E-state index in [0.717, 1.165) is 52.4 Å². The molecule has 5 rings (SSSR count). The van der Waals surface area contributed by atoms with E-state index in [9.17, 15) is 8.42 Å². The summed E-state index contributed by atoms with van der Waals surface area (Å²) in [5.74, 6) is 0. The van der Waals surface area contributed by atoms with Gasteiger partial charge in [-0.3, -0.25) is 4.90 Å². The summed E-state index contributed by atoms with van der Waals surface area (Å²) in [6.45, 7) is 2.22. The van der Waals surface area contributed by atoms with Gasteiger partial charge in [0.2, 0.25) is 15.0 Å². The average Bonchev–Trinajstić information content (AvgIpc) is 3.43. The molecule has 3 aromatic heterocycles. The summed E-state index contributed by atoms with van der Waals surface area (Å²) < 4.78 is 25.4. The van der Waals surface area contributed by atoms with Crippen molar-refractivity contribution in [2.45, 2.75) is 24.7 Å². The van der Waals surface area contributed by atoms with E-state index >= 15 is 0 Å². The van der Waals surface area contributed by atoms with Crippen molar-refractivity contribution in [1.82, 2.24) is 24.6 Å². The number of fused-ring (bicyclic) bond motifs is 1. The fourth-order valence-corrected chi connectivity index (χ4v) is 5.03. The summed E-state index contributed by atoms with van der Waals surface area (Å²) in [7, 11) is -3.40. The predicted molar refractivity (Wildman–Crippen MR) is 120 cm³/mol. The Bertz CT molecular complexity index is 1320. The molecular weight excluding hydrogens is 430 g/mol. The molecule has 0 N–H and O–H groups in total. The van der Waals surface area contributed by atoms with Crippen molar-refractivity contribution in [2.24, 2.45) is 0 Å². The molecule has 9 heteroatoms. The lowest BCUT2D eigenvalue weighted by molar-refractivity contribution is 0.242. The highest BCUT2D eigenvalue weighted by atomic mass is 32.2. The lowest BCUT2D eigenvalue weighted by atomic mass is 10.1. The SMILES string of the molecule is CS(=O)(=O)c1ncc2c(n1)CCN(Cc1cn(-c3ccccc3)nc1-c1cccs1)C2. The number of para-hydroxylation sites is 1. The maximum atomic E-state index is 11.7. The summed E-state index contributed by atoms with van der Waals surface area (Å²) in [5, 5.41) is 6.85. The molecule has 0 saturated carbocycles. The fraction of sp³-hybridized carbons (Fsp3) is 0.227. The minimum atomic E-state index is -3.40. The van der Waals surface area contributed by atoms with Crippen LogP contribution in [0.15, 0.2) is 65.4 Å². The van der Waals surface area contributed by atoms with Crippen LogP contribution < -0.4 is 0 Å². The van der Waals surface area contributed by atoms with Crippen LogP contribution in [-0.4, -0.2) is 45.9 Å². The van der Waals surface area contributed by atoms with Crippen LogP contribution in [0.1, 0.15) is 16.8 Å². The third kappa shape index (κ3) is 4.16. The normalized spacial score (nSPS) is 14.5. The Morgan fingerprint density at radius 2 is 1.97 bits per heavy atom. The van der Waals surface area contributed by atoms with Gasteiger partial charge >= 0.3 is 0 Å². The van der Waals surface area contributed by atoms with Gasteiger partial charge in [0.1, 0.15) is 5.69 Å². The van der Waals surface area contributed by atoms with Crippen LogP contribution in [0.5, 0.6) is 0 Å². The lowest BCUT2D eigenvalue weighted by Gasteiger charge is -2.27. The van der Waals surface area contributed by atoms with Crippen molar-refractivity contribution >= 4 is 21.2 Å². The van der Waals surface area contributed by atoms with Crippen molar-refractivity contribution in [3.8, 4) is 16.3 Å². The second-order valence-corrected chi connectivity index (χ2v) is 10.5. The molecule has 0 radical (unpaired) electrons. The van der Waals surface area contributed by atoms with Crippen LogP contribution in [0.2, 0.25) is 0 Å². The number of sulfone groups is 1. The van der Waals surface area contributed by atoms with Crippen molar-refractivity contribution in [3.05, 3.63) is 77.1 Å². The Morgan fingerprint density at radius 3 is 2.71 bits per heavy atom. The number of nitrogens with zero attached hydrogens (tertiary/aromatic N) is 5. The van der Waals surface area contributed by atoms with Crippen LogP contribution in [-0.2, 0) is 29.3 Å². The highest BCUT2D eigenvalue weighted by Gasteiger charge is 2.23. The van der Waals surface area contributed by atoms with Gasteiger partial charge in [-0.1, -0.05) is 24.3 Å². The molecule has 1 aliphatic rings. The molecule has 0 amide bonds. The zero-order valence-corrected chi connectivity index (χ0v) is 18.6. The minimum absolute atomic E-state index is 0.0937. The maximum absolute atomic E-state index is 11.7. The van der Waals surface area contributed by atoms with Gasteiger partial charge in [-0.2, -0.15) is 5.10 Å². The first-order chi connectivity index (χ1) is 15.0. The Hall–Kier alpha value is -2.88. The fourth-order valence-electron chi connectivity index (χ4n) is 3.77. The van der Waals surface area contributed by atoms with Gasteiger partial charge in [-0.15, -0.1) is 11.3 Å². The quantitative estimate of drug-likeness (QED) is 0.433. The molecule has 0 aliphatic carbocycles. The Morgan fingerprint density at radius 1 is 1.13 bits per heavy atom. The standard InChI is InChI=1S/C22H21N5O2S2/c1-31(28,29)22-23-12-16-13-26(10-9-19(16)24-22)14-17-15-27(18-6-3-2-4-7-18)25-21(17)20-8-5-11-30-20/h2-8,11-12,15H,9-10,13-14H2,1H3. The molecule has 4 heterocycles. The predicted octanol–water partition coefficient (Wildman–Crippen LogP) is 3.35. The number of hydrogen-bond donors (Lipinski definition) is 0. The van der Waals surface area contributed by atoms with Crippen molar-refractivity contribution in [3.63, 3.8) is 0 Å². The molecule has 0 unspecified atom stereocenters. The van der Waals surface area contributed by atoms with Crippen LogP contribution in [0.3, 0.4) is 0 Å². The van der Waals surface area contributed by atoms with Gasteiger partial charge in [0.05, 0.1) is 16.3 Å². The van der Waals surface area contributed by atoms with Gasteiger partial charge in [-0.25, -0.2) is 23.1 Å². The van der Waals surface area contributed by atoms with E-state index in [-0.39, 0.29) is 5.16 Å². The largest absolute Gasteiger partial charge is 0.294 e. The van der Waals surface area contributed by atoms with Crippen LogP contribution in [0.25, 0.3) is 16.3 Å². The molecule has 1 aromatic carbocycles. The second kappa shape index (κ2) is 7.99. The molecule has 0 fully saturated rings. The van der Waals surface area contributed by atoms with E-state index in [4.69, 9.17) is 5.10 Å². The first-order valence-corrected chi connectivity index (χ1v) is 12.7. The number of aromatic nitrogens is 4. The van der Waals surface area contributed by atoms with Gasteiger partial charge in [0.15, 0.2) is 0 Å². The van der Waals surface area contributed by atoms with Gasteiger partial charge in [-0.05, 0) is 23.6 Å². The van der Waals surface area contributed by atoms with E-state index in [0.29, 0.717) is 13.0 Å². The maximum Gasteiger partial charge on any atom is 0.246 e. The monoisotopic (exact) mass is 451 g/mol. The lowest BCUT2D eigenvalue weighted by Crippen LogP contribution is -2.31. The molecule has 0 spiro atoms. The van der Waals surface area contributed by atoms with Gasteiger partial charge in [0, 0.05) is 55.8 Å². The van der Waals surface area contributed by atoms with Crippen LogP contribution >= 0.6 is 11.3 Å². The highest BCUT2D eigenvalue weighted by molar-refractivity contribution is 7.90.